The third-order valence-electron chi connectivity index (χ3n) is 5.44. The Kier molecular flexibility index (Phi) is 6.81. The molecule has 2 aromatic carbocycles. The van der Waals surface area contributed by atoms with Crippen LogP contribution >= 0.6 is 0 Å². The van der Waals surface area contributed by atoms with Gasteiger partial charge in [0, 0.05) is 12.7 Å². The van der Waals surface area contributed by atoms with Crippen LogP contribution in [0.3, 0.4) is 0 Å². The van der Waals surface area contributed by atoms with Gasteiger partial charge in [-0.25, -0.2) is 9.60 Å². The topological polar surface area (TPSA) is 105 Å². The van der Waals surface area contributed by atoms with E-state index in [1.54, 1.807) is 24.3 Å². The van der Waals surface area contributed by atoms with Crippen LogP contribution in [0.5, 0.6) is 5.75 Å². The predicted octanol–water partition coefficient (Wildman–Crippen LogP) is 3.05. The average molecular weight is 463 g/mol. The number of aromatic nitrogens is 1. The molecule has 4 rings (SSSR count). The van der Waals surface area contributed by atoms with Gasteiger partial charge >= 0.3 is 0 Å². The van der Waals surface area contributed by atoms with Crippen molar-refractivity contribution in [2.45, 2.75) is 26.4 Å². The molecule has 8 heteroatoms. The van der Waals surface area contributed by atoms with Crippen LogP contribution < -0.4 is 15.5 Å². The number of halogens is 1. The molecule has 34 heavy (non-hydrogen) atoms. The molecule has 4 N–H and O–H groups in total. The first kappa shape index (κ1) is 23.3. The minimum absolute atomic E-state index is 0.0300. The number of carbonyl (C=O) groups excluding carboxylic acids is 2. The third-order valence-corrected chi connectivity index (χ3v) is 5.44. The highest BCUT2D eigenvalue weighted by atomic mass is 19.1. The van der Waals surface area contributed by atoms with Gasteiger partial charge in [0.2, 0.25) is 11.5 Å². The van der Waals surface area contributed by atoms with E-state index in [-0.39, 0.29) is 34.6 Å². The SMILES string of the molecule is CC(C)Oc1cc(-c2ccc(F)cc2)ccc1CCNC1=C([NH2+]O)C(=O)c2ncccc2C1=O. The van der Waals surface area contributed by atoms with E-state index >= 15 is 0 Å². The van der Waals surface area contributed by atoms with Crippen molar-refractivity contribution in [3.05, 3.63) is 94.8 Å². The molecule has 0 amide bonds. The van der Waals surface area contributed by atoms with Gasteiger partial charge in [-0.1, -0.05) is 24.3 Å². The fourth-order valence-corrected chi connectivity index (χ4v) is 3.84. The molecule has 1 aliphatic carbocycles. The van der Waals surface area contributed by atoms with E-state index in [4.69, 9.17) is 4.74 Å². The lowest BCUT2D eigenvalue weighted by Gasteiger charge is -2.19. The summed E-state index contributed by atoms with van der Waals surface area (Å²) in [6, 6.07) is 15.1. The fraction of sp³-hybridized carbons (Fsp3) is 0.192. The summed E-state index contributed by atoms with van der Waals surface area (Å²) in [7, 11) is 0. The van der Waals surface area contributed by atoms with E-state index in [9.17, 15) is 19.2 Å². The molecule has 1 heterocycles. The summed E-state index contributed by atoms with van der Waals surface area (Å²) in [4.78, 5) is 29.6. The minimum Gasteiger partial charge on any atom is -0.491 e. The summed E-state index contributed by atoms with van der Waals surface area (Å²) < 4.78 is 19.3. The van der Waals surface area contributed by atoms with Crippen LogP contribution in [-0.4, -0.2) is 34.4 Å². The number of quaternary nitrogens is 1. The zero-order valence-corrected chi connectivity index (χ0v) is 18.8. The standard InChI is InChI=1S/C26H24FN3O4/c1-15(2)34-21-14-18(16-7-9-19(27)10-8-16)6-5-17(21)11-13-29-23-24(30-33)26(32)22-20(25(23)31)4-3-12-28-22/h3-10,12,14-15,29-30,33H,11,13H2,1-2H3/p+1. The summed E-state index contributed by atoms with van der Waals surface area (Å²) in [6.07, 6.45) is 1.87. The molecule has 174 valence electrons. The molecule has 0 unspecified atom stereocenters. The molecule has 0 saturated heterocycles. The van der Waals surface area contributed by atoms with E-state index in [0.717, 1.165) is 16.7 Å². The molecule has 1 aromatic heterocycles. The second-order valence-electron chi connectivity index (χ2n) is 8.15. The summed E-state index contributed by atoms with van der Waals surface area (Å²) in [5.41, 5.74) is 3.47. The van der Waals surface area contributed by atoms with Crippen molar-refractivity contribution < 1.29 is 29.4 Å². The second kappa shape index (κ2) is 9.94. The zero-order chi connectivity index (χ0) is 24.2. The van der Waals surface area contributed by atoms with E-state index in [1.165, 1.54) is 18.3 Å². The second-order valence-corrected chi connectivity index (χ2v) is 8.15. The first-order valence-corrected chi connectivity index (χ1v) is 10.9. The smallest absolute Gasteiger partial charge is 0.270 e. The summed E-state index contributed by atoms with van der Waals surface area (Å²) in [6.45, 7) is 4.18. The third kappa shape index (κ3) is 4.73. The Balaban J connectivity index is 1.55. The van der Waals surface area contributed by atoms with Gasteiger partial charge in [0.05, 0.1) is 11.7 Å². The van der Waals surface area contributed by atoms with Crippen molar-refractivity contribution >= 4 is 11.6 Å². The predicted molar refractivity (Wildman–Crippen MR) is 123 cm³/mol. The number of ketones is 2. The van der Waals surface area contributed by atoms with E-state index in [0.29, 0.717) is 24.2 Å². The monoisotopic (exact) mass is 462 g/mol. The van der Waals surface area contributed by atoms with Crippen LogP contribution in [0.15, 0.2) is 72.2 Å². The lowest BCUT2D eigenvalue weighted by molar-refractivity contribution is -0.846. The van der Waals surface area contributed by atoms with Crippen LogP contribution in [0, 0.1) is 5.82 Å². The molecule has 1 aliphatic rings. The number of benzene rings is 2. The average Bonchev–Trinajstić information content (AvgIpc) is 2.83. The van der Waals surface area contributed by atoms with Gasteiger partial charge in [-0.3, -0.25) is 14.6 Å². The van der Waals surface area contributed by atoms with Crippen molar-refractivity contribution in [3.63, 3.8) is 0 Å². The van der Waals surface area contributed by atoms with Gasteiger partial charge in [0.25, 0.3) is 5.78 Å². The highest BCUT2D eigenvalue weighted by Gasteiger charge is 2.36. The largest absolute Gasteiger partial charge is 0.491 e. The normalized spacial score (nSPS) is 13.3. The molecule has 0 aliphatic heterocycles. The number of pyridine rings is 1. The highest BCUT2D eigenvalue weighted by molar-refractivity contribution is 6.24. The molecule has 7 nitrogen and oxygen atoms in total. The molecular weight excluding hydrogens is 437 g/mol. The van der Waals surface area contributed by atoms with E-state index in [1.807, 2.05) is 32.0 Å². The van der Waals surface area contributed by atoms with Crippen molar-refractivity contribution in [3.8, 4) is 16.9 Å². The zero-order valence-electron chi connectivity index (χ0n) is 18.8. The molecule has 0 radical (unpaired) electrons. The van der Waals surface area contributed by atoms with E-state index in [2.05, 4.69) is 10.3 Å². The van der Waals surface area contributed by atoms with Crippen molar-refractivity contribution in [2.24, 2.45) is 0 Å². The molecular formula is C26H25FN3O4+. The van der Waals surface area contributed by atoms with Gasteiger partial charge in [-0.15, -0.1) is 0 Å². The Bertz CT molecular complexity index is 1270. The van der Waals surface area contributed by atoms with Crippen molar-refractivity contribution in [1.82, 2.24) is 10.3 Å². The number of fused-ring (bicyclic) bond motifs is 1. The molecule has 0 spiro atoms. The maximum atomic E-state index is 13.3. The number of nitrogens with zero attached hydrogens (tertiary/aromatic N) is 1. The first-order chi connectivity index (χ1) is 16.4. The lowest BCUT2D eigenvalue weighted by Crippen LogP contribution is -2.81. The number of nitrogens with one attached hydrogen (secondary N) is 1. The summed E-state index contributed by atoms with van der Waals surface area (Å²) in [5, 5.41) is 12.6. The van der Waals surface area contributed by atoms with Crippen LogP contribution in [-0.2, 0) is 6.42 Å². The van der Waals surface area contributed by atoms with Crippen molar-refractivity contribution in [1.29, 1.82) is 0 Å². The summed E-state index contributed by atoms with van der Waals surface area (Å²) >= 11 is 0. The number of hydroxylamine groups is 1. The Morgan fingerprint density at radius 1 is 1.06 bits per heavy atom. The molecule has 3 aromatic rings. The maximum Gasteiger partial charge on any atom is 0.270 e. The number of rotatable bonds is 8. The maximum absolute atomic E-state index is 13.3. The number of allylic oxidation sites excluding steroid dienone is 2. The molecule has 0 atom stereocenters. The van der Waals surface area contributed by atoms with Gasteiger partial charge in [0.15, 0.2) is 5.70 Å². The van der Waals surface area contributed by atoms with Crippen LogP contribution in [0.25, 0.3) is 11.1 Å². The van der Waals surface area contributed by atoms with Gasteiger partial charge in [-0.2, -0.15) is 5.48 Å². The number of ether oxygens (including phenoxy) is 1. The minimum atomic E-state index is -0.507. The van der Waals surface area contributed by atoms with Crippen molar-refractivity contribution in [2.75, 3.05) is 6.54 Å². The molecule has 0 bridgehead atoms. The Labute approximate surface area is 196 Å². The van der Waals surface area contributed by atoms with Crippen LogP contribution in [0.1, 0.15) is 40.3 Å². The lowest BCUT2D eigenvalue weighted by atomic mass is 9.94. The first-order valence-electron chi connectivity index (χ1n) is 10.9. The van der Waals surface area contributed by atoms with Crippen LogP contribution in [0.2, 0.25) is 0 Å². The Morgan fingerprint density at radius 3 is 2.50 bits per heavy atom. The number of nitrogens with two attached hydrogens (primary N) is 1. The van der Waals surface area contributed by atoms with Gasteiger partial charge in [-0.05, 0) is 67.3 Å². The van der Waals surface area contributed by atoms with Gasteiger partial charge in [0.1, 0.15) is 17.3 Å². The molecule has 0 saturated carbocycles. The number of hydrogen-bond donors (Lipinski definition) is 3. The highest BCUT2D eigenvalue weighted by Crippen LogP contribution is 2.29. The number of carbonyl (C=O) groups is 2. The molecule has 0 fully saturated rings. The van der Waals surface area contributed by atoms with Crippen LogP contribution in [0.4, 0.5) is 4.39 Å². The number of hydrogen-bond acceptors (Lipinski definition) is 6. The Morgan fingerprint density at radius 2 is 1.79 bits per heavy atom. The summed E-state index contributed by atoms with van der Waals surface area (Å²) in [5.74, 6) is -0.517. The van der Waals surface area contributed by atoms with Gasteiger partial charge < -0.3 is 10.1 Å². The number of Topliss-reactive ketones (excluding diaryl/α,β-unsaturated/α-hetero) is 2. The Hall–Kier alpha value is -3.88. The van der Waals surface area contributed by atoms with E-state index < -0.39 is 11.6 Å². The fourth-order valence-electron chi connectivity index (χ4n) is 3.84. The quantitative estimate of drug-likeness (QED) is 0.445.